The van der Waals surface area contributed by atoms with Crippen molar-refractivity contribution in [1.82, 2.24) is 10.2 Å². The zero-order chi connectivity index (χ0) is 17.6. The first-order valence-electron chi connectivity index (χ1n) is 7.73. The molecule has 1 aromatic heterocycles. The van der Waals surface area contributed by atoms with E-state index in [1.165, 1.54) is 7.11 Å². The van der Waals surface area contributed by atoms with Crippen molar-refractivity contribution in [2.45, 2.75) is 6.42 Å². The van der Waals surface area contributed by atoms with Gasteiger partial charge in [0, 0.05) is 11.6 Å². The molecule has 0 aliphatic carbocycles. The van der Waals surface area contributed by atoms with Crippen molar-refractivity contribution in [3.05, 3.63) is 71.8 Å². The van der Waals surface area contributed by atoms with E-state index in [0.29, 0.717) is 17.1 Å². The second-order valence-electron chi connectivity index (χ2n) is 5.45. The van der Waals surface area contributed by atoms with Crippen LogP contribution in [0.2, 0.25) is 0 Å². The molecule has 3 aromatic rings. The minimum Gasteiger partial charge on any atom is -0.465 e. The number of nitrogens with one attached hydrogen (secondary N) is 2. The number of hydrogen-bond donors (Lipinski definition) is 2. The molecule has 1 amide bonds. The van der Waals surface area contributed by atoms with Gasteiger partial charge in [0.15, 0.2) is 5.82 Å². The van der Waals surface area contributed by atoms with Crippen LogP contribution >= 0.6 is 0 Å². The van der Waals surface area contributed by atoms with Crippen LogP contribution in [0.3, 0.4) is 0 Å². The number of anilines is 1. The normalized spacial score (nSPS) is 10.3. The molecule has 0 fully saturated rings. The van der Waals surface area contributed by atoms with Gasteiger partial charge in [-0.1, -0.05) is 42.5 Å². The number of carbonyl (C=O) groups is 2. The molecule has 0 bridgehead atoms. The lowest BCUT2D eigenvalue weighted by molar-refractivity contribution is -0.115. The molecule has 0 spiro atoms. The van der Waals surface area contributed by atoms with E-state index in [4.69, 9.17) is 4.74 Å². The van der Waals surface area contributed by atoms with Crippen molar-refractivity contribution < 1.29 is 14.3 Å². The van der Waals surface area contributed by atoms with Crippen molar-refractivity contribution in [3.8, 4) is 11.3 Å². The van der Waals surface area contributed by atoms with Crippen molar-refractivity contribution >= 4 is 17.7 Å². The second kappa shape index (κ2) is 7.44. The lowest BCUT2D eigenvalue weighted by Gasteiger charge is -2.02. The van der Waals surface area contributed by atoms with E-state index in [-0.39, 0.29) is 12.3 Å². The molecule has 1 heterocycles. The Morgan fingerprint density at radius 2 is 1.88 bits per heavy atom. The standard InChI is InChI=1S/C19H17N3O3/c1-25-19(24)15-9-5-8-14(11-15)16-12-17(22-21-16)20-18(23)10-13-6-3-2-4-7-13/h2-9,11-12H,10H2,1H3,(H2,20,21,22,23). The number of ether oxygens (including phenoxy) is 1. The fourth-order valence-corrected chi connectivity index (χ4v) is 2.43. The molecular weight excluding hydrogens is 318 g/mol. The Morgan fingerprint density at radius 1 is 1.08 bits per heavy atom. The highest BCUT2D eigenvalue weighted by Crippen LogP contribution is 2.21. The molecule has 0 aliphatic rings. The average Bonchev–Trinajstić information content (AvgIpc) is 3.10. The molecule has 2 N–H and O–H groups in total. The first-order valence-corrected chi connectivity index (χ1v) is 7.73. The number of aromatic amines is 1. The molecule has 0 saturated carbocycles. The maximum atomic E-state index is 12.1. The molecule has 2 aromatic carbocycles. The van der Waals surface area contributed by atoms with Crippen molar-refractivity contribution in [1.29, 1.82) is 0 Å². The van der Waals surface area contributed by atoms with E-state index in [1.807, 2.05) is 36.4 Å². The third-order valence-corrected chi connectivity index (χ3v) is 3.65. The summed E-state index contributed by atoms with van der Waals surface area (Å²) in [4.78, 5) is 23.7. The monoisotopic (exact) mass is 335 g/mol. The number of carbonyl (C=O) groups excluding carboxylic acids is 2. The summed E-state index contributed by atoms with van der Waals surface area (Å²) in [5.41, 5.74) is 2.85. The van der Waals surface area contributed by atoms with E-state index >= 15 is 0 Å². The molecule has 0 unspecified atom stereocenters. The number of rotatable bonds is 5. The van der Waals surface area contributed by atoms with Gasteiger partial charge in [0.25, 0.3) is 0 Å². The van der Waals surface area contributed by atoms with Crippen molar-refractivity contribution in [3.63, 3.8) is 0 Å². The van der Waals surface area contributed by atoms with Crippen LogP contribution in [-0.4, -0.2) is 29.2 Å². The first kappa shape index (κ1) is 16.4. The summed E-state index contributed by atoms with van der Waals surface area (Å²) in [5.74, 6) is -0.121. The zero-order valence-corrected chi connectivity index (χ0v) is 13.7. The Balaban J connectivity index is 1.70. The molecule has 0 radical (unpaired) electrons. The highest BCUT2D eigenvalue weighted by atomic mass is 16.5. The summed E-state index contributed by atoms with van der Waals surface area (Å²) in [6.07, 6.45) is 0.279. The predicted octanol–water partition coefficient (Wildman–Crippen LogP) is 3.04. The molecule has 0 atom stereocenters. The minimum absolute atomic E-state index is 0.146. The summed E-state index contributed by atoms with van der Waals surface area (Å²) >= 11 is 0. The van der Waals surface area contributed by atoms with Gasteiger partial charge in [0.05, 0.1) is 24.8 Å². The molecule has 3 rings (SSSR count). The van der Waals surface area contributed by atoms with Gasteiger partial charge in [-0.05, 0) is 17.7 Å². The molecular formula is C19H17N3O3. The number of H-pyrrole nitrogens is 1. The van der Waals surface area contributed by atoms with E-state index in [9.17, 15) is 9.59 Å². The van der Waals surface area contributed by atoms with Gasteiger partial charge in [0.1, 0.15) is 0 Å². The van der Waals surface area contributed by atoms with E-state index in [2.05, 4.69) is 15.5 Å². The fourth-order valence-electron chi connectivity index (χ4n) is 2.43. The van der Waals surface area contributed by atoms with Crippen molar-refractivity contribution in [2.75, 3.05) is 12.4 Å². The number of benzene rings is 2. The summed E-state index contributed by atoms with van der Waals surface area (Å²) in [5, 5.41) is 9.71. The topological polar surface area (TPSA) is 84.1 Å². The minimum atomic E-state index is -0.405. The van der Waals surface area contributed by atoms with Crippen LogP contribution in [0.25, 0.3) is 11.3 Å². The predicted molar refractivity (Wildman–Crippen MR) is 94.1 cm³/mol. The van der Waals surface area contributed by atoms with Gasteiger partial charge in [-0.25, -0.2) is 4.79 Å². The summed E-state index contributed by atoms with van der Waals surface area (Å²) < 4.78 is 4.72. The van der Waals surface area contributed by atoms with E-state index in [0.717, 1.165) is 11.1 Å². The van der Waals surface area contributed by atoms with Gasteiger partial charge in [-0.2, -0.15) is 5.10 Å². The lowest BCUT2D eigenvalue weighted by atomic mass is 10.1. The SMILES string of the molecule is COC(=O)c1cccc(-c2cc(NC(=O)Cc3ccccc3)n[nH]2)c1. The van der Waals surface area contributed by atoms with Crippen LogP contribution in [-0.2, 0) is 16.0 Å². The smallest absolute Gasteiger partial charge is 0.337 e. The maximum absolute atomic E-state index is 12.1. The molecule has 25 heavy (non-hydrogen) atoms. The molecule has 6 heteroatoms. The number of aromatic nitrogens is 2. The van der Waals surface area contributed by atoms with Gasteiger partial charge < -0.3 is 10.1 Å². The Morgan fingerprint density at radius 3 is 2.64 bits per heavy atom. The Labute approximate surface area is 144 Å². The number of methoxy groups -OCH3 is 1. The van der Waals surface area contributed by atoms with E-state index < -0.39 is 5.97 Å². The maximum Gasteiger partial charge on any atom is 0.337 e. The van der Waals surface area contributed by atoms with Gasteiger partial charge >= 0.3 is 5.97 Å². The quantitative estimate of drug-likeness (QED) is 0.702. The lowest BCUT2D eigenvalue weighted by Crippen LogP contribution is -2.14. The number of hydrogen-bond acceptors (Lipinski definition) is 4. The summed E-state index contributed by atoms with van der Waals surface area (Å²) in [7, 11) is 1.34. The van der Waals surface area contributed by atoms with E-state index in [1.54, 1.807) is 24.3 Å². The van der Waals surface area contributed by atoms with Crippen LogP contribution in [0.1, 0.15) is 15.9 Å². The average molecular weight is 335 g/mol. The Bertz CT molecular complexity index is 888. The Kier molecular flexibility index (Phi) is 4.89. The number of nitrogens with zero attached hydrogens (tertiary/aromatic N) is 1. The molecule has 126 valence electrons. The number of esters is 1. The van der Waals surface area contributed by atoms with Crippen LogP contribution in [0.4, 0.5) is 5.82 Å². The highest BCUT2D eigenvalue weighted by molar-refractivity contribution is 5.92. The van der Waals surface area contributed by atoms with Crippen LogP contribution < -0.4 is 5.32 Å². The summed E-state index contributed by atoms with van der Waals surface area (Å²) in [6.45, 7) is 0. The van der Waals surface area contributed by atoms with Gasteiger partial charge in [0.2, 0.25) is 5.91 Å². The molecule has 6 nitrogen and oxygen atoms in total. The second-order valence-corrected chi connectivity index (χ2v) is 5.45. The van der Waals surface area contributed by atoms with Crippen LogP contribution in [0, 0.1) is 0 Å². The largest absolute Gasteiger partial charge is 0.465 e. The first-order chi connectivity index (χ1) is 12.2. The third kappa shape index (κ3) is 4.11. The van der Waals surface area contributed by atoms with Crippen LogP contribution in [0.5, 0.6) is 0 Å². The molecule has 0 aliphatic heterocycles. The molecule has 0 saturated heterocycles. The van der Waals surface area contributed by atoms with Crippen LogP contribution in [0.15, 0.2) is 60.7 Å². The third-order valence-electron chi connectivity index (χ3n) is 3.65. The number of amides is 1. The highest BCUT2D eigenvalue weighted by Gasteiger charge is 2.10. The zero-order valence-electron chi connectivity index (χ0n) is 13.7. The Hall–Kier alpha value is -3.41. The van der Waals surface area contributed by atoms with Gasteiger partial charge in [-0.15, -0.1) is 0 Å². The fraction of sp³-hybridized carbons (Fsp3) is 0.105. The van der Waals surface area contributed by atoms with Gasteiger partial charge in [-0.3, -0.25) is 9.89 Å². The van der Waals surface area contributed by atoms with Crippen molar-refractivity contribution in [2.24, 2.45) is 0 Å². The summed E-state index contributed by atoms with van der Waals surface area (Å²) in [6, 6.07) is 18.2.